The quantitative estimate of drug-likeness (QED) is 0.523. The molecule has 0 spiro atoms. The summed E-state index contributed by atoms with van der Waals surface area (Å²) in [5.74, 6) is -0.505. The Labute approximate surface area is 154 Å². The molecule has 1 aromatic carbocycles. The van der Waals surface area contributed by atoms with Gasteiger partial charge in [-0.3, -0.25) is 14.9 Å². The minimum atomic E-state index is -1.21. The maximum atomic E-state index is 12.8. The summed E-state index contributed by atoms with van der Waals surface area (Å²) in [6, 6.07) is 7.42. The van der Waals surface area contributed by atoms with Crippen molar-refractivity contribution in [1.29, 1.82) is 0 Å². The molecule has 9 nitrogen and oxygen atoms in total. The fraction of sp³-hybridized carbons (Fsp3) is 0.278. The summed E-state index contributed by atoms with van der Waals surface area (Å²) in [6.45, 7) is 4.81. The number of amides is 1. The predicted octanol–water partition coefficient (Wildman–Crippen LogP) is 1.89. The molecule has 0 aliphatic rings. The highest BCUT2D eigenvalue weighted by Crippen LogP contribution is 2.25. The Hall–Kier alpha value is -3.33. The third kappa shape index (κ3) is 3.49. The van der Waals surface area contributed by atoms with Gasteiger partial charge in [-0.05, 0) is 38.0 Å². The lowest BCUT2D eigenvalue weighted by Crippen LogP contribution is -2.46. The van der Waals surface area contributed by atoms with Crippen molar-refractivity contribution < 1.29 is 14.8 Å². The lowest BCUT2D eigenvalue weighted by atomic mass is 9.92. The van der Waals surface area contributed by atoms with Gasteiger partial charge in [0.25, 0.3) is 11.6 Å². The van der Waals surface area contributed by atoms with E-state index < -0.39 is 23.0 Å². The number of imidazole rings is 1. The van der Waals surface area contributed by atoms with E-state index >= 15 is 0 Å². The number of nitrogens with zero attached hydrogens (tertiary/aromatic N) is 4. The Morgan fingerprint density at radius 2 is 2.11 bits per heavy atom. The van der Waals surface area contributed by atoms with Gasteiger partial charge in [0.2, 0.25) is 0 Å². The zero-order valence-corrected chi connectivity index (χ0v) is 15.1. The third-order valence-electron chi connectivity index (χ3n) is 4.36. The number of nitrogens with one attached hydrogen (secondary N) is 1. The van der Waals surface area contributed by atoms with Gasteiger partial charge < -0.3 is 10.4 Å². The summed E-state index contributed by atoms with van der Waals surface area (Å²) in [7, 11) is 0. The molecule has 27 heavy (non-hydrogen) atoms. The average molecular weight is 369 g/mol. The number of fused-ring (bicyclic) bond motifs is 1. The van der Waals surface area contributed by atoms with E-state index in [1.807, 2.05) is 13.8 Å². The summed E-state index contributed by atoms with van der Waals surface area (Å²) in [5.41, 5.74) is 1.47. The van der Waals surface area contributed by atoms with Crippen molar-refractivity contribution in [1.82, 2.24) is 19.9 Å². The van der Waals surface area contributed by atoms with E-state index in [0.29, 0.717) is 11.2 Å². The lowest BCUT2D eigenvalue weighted by Gasteiger charge is -2.29. The normalized spacial score (nSPS) is 13.3. The van der Waals surface area contributed by atoms with Crippen molar-refractivity contribution >= 4 is 17.2 Å². The Balaban J connectivity index is 1.95. The van der Waals surface area contributed by atoms with Crippen LogP contribution in [0.3, 0.4) is 0 Å². The van der Waals surface area contributed by atoms with Crippen LogP contribution in [-0.4, -0.2) is 37.1 Å². The van der Waals surface area contributed by atoms with E-state index in [2.05, 4.69) is 15.4 Å². The minimum absolute atomic E-state index is 0.120. The largest absolute Gasteiger partial charge is 0.394 e. The maximum Gasteiger partial charge on any atom is 0.272 e. The molecule has 2 aromatic heterocycles. The second-order valence-electron chi connectivity index (χ2n) is 6.61. The van der Waals surface area contributed by atoms with Crippen LogP contribution in [0.2, 0.25) is 0 Å². The molecule has 3 rings (SSSR count). The van der Waals surface area contributed by atoms with Gasteiger partial charge in [-0.15, -0.1) is 0 Å². The number of aliphatic hydroxyl groups excluding tert-OH is 1. The lowest BCUT2D eigenvalue weighted by molar-refractivity contribution is -0.385. The standard InChI is InChI=1S/C18H19N5O4/c1-11-7-15(21-22-9-12(2)19-16(11)22)17(25)20-18(3,10-24)13-5-4-6-14(8-13)23(26)27/h4-9,24H,10H2,1-3H3,(H,20,25). The fourth-order valence-corrected chi connectivity index (χ4v) is 2.84. The van der Waals surface area contributed by atoms with E-state index in [1.54, 1.807) is 25.3 Å². The van der Waals surface area contributed by atoms with Crippen molar-refractivity contribution in [3.05, 3.63) is 69.2 Å². The zero-order valence-electron chi connectivity index (χ0n) is 15.1. The number of hydrogen-bond acceptors (Lipinski definition) is 6. The molecule has 1 amide bonds. The number of hydrogen-bond donors (Lipinski definition) is 2. The van der Waals surface area contributed by atoms with Crippen LogP contribution in [0.15, 0.2) is 36.5 Å². The summed E-state index contributed by atoms with van der Waals surface area (Å²) in [6.07, 6.45) is 1.71. The molecule has 0 fully saturated rings. The Bertz CT molecular complexity index is 1050. The molecule has 140 valence electrons. The molecule has 9 heteroatoms. The number of aliphatic hydroxyl groups is 1. The average Bonchev–Trinajstić information content (AvgIpc) is 3.02. The van der Waals surface area contributed by atoms with Gasteiger partial charge in [0.15, 0.2) is 5.65 Å². The first-order chi connectivity index (χ1) is 12.7. The Morgan fingerprint density at radius 3 is 2.78 bits per heavy atom. The van der Waals surface area contributed by atoms with Crippen LogP contribution in [0.5, 0.6) is 0 Å². The van der Waals surface area contributed by atoms with Crippen molar-refractivity contribution in [2.24, 2.45) is 0 Å². The molecule has 0 saturated carbocycles. The molecule has 1 unspecified atom stereocenters. The fourth-order valence-electron chi connectivity index (χ4n) is 2.84. The van der Waals surface area contributed by atoms with Crippen LogP contribution in [0.1, 0.15) is 34.2 Å². The van der Waals surface area contributed by atoms with Crippen LogP contribution in [-0.2, 0) is 5.54 Å². The Kier molecular flexibility index (Phi) is 4.63. The van der Waals surface area contributed by atoms with Gasteiger partial charge >= 0.3 is 0 Å². The van der Waals surface area contributed by atoms with E-state index in [1.165, 1.54) is 22.7 Å². The summed E-state index contributed by atoms with van der Waals surface area (Å²) in [5, 5.41) is 27.9. The van der Waals surface area contributed by atoms with Crippen molar-refractivity contribution in [2.75, 3.05) is 6.61 Å². The number of nitro groups is 1. The van der Waals surface area contributed by atoms with Crippen LogP contribution < -0.4 is 5.32 Å². The van der Waals surface area contributed by atoms with Gasteiger partial charge in [0, 0.05) is 12.1 Å². The molecular weight excluding hydrogens is 350 g/mol. The molecule has 0 radical (unpaired) electrons. The van der Waals surface area contributed by atoms with E-state index in [4.69, 9.17) is 0 Å². The Morgan fingerprint density at radius 1 is 1.37 bits per heavy atom. The molecule has 0 aliphatic carbocycles. The molecule has 0 bridgehead atoms. The van der Waals surface area contributed by atoms with Crippen LogP contribution >= 0.6 is 0 Å². The highest BCUT2D eigenvalue weighted by Gasteiger charge is 2.30. The zero-order chi connectivity index (χ0) is 19.8. The van der Waals surface area contributed by atoms with Crippen molar-refractivity contribution in [3.63, 3.8) is 0 Å². The first-order valence-corrected chi connectivity index (χ1v) is 8.25. The molecule has 1 atom stereocenters. The molecular formula is C18H19N5O4. The van der Waals surface area contributed by atoms with Gasteiger partial charge in [-0.25, -0.2) is 9.50 Å². The number of nitro benzene ring substituents is 1. The van der Waals surface area contributed by atoms with Crippen LogP contribution in [0.4, 0.5) is 5.69 Å². The van der Waals surface area contributed by atoms with E-state index in [-0.39, 0.29) is 11.4 Å². The number of carbonyl (C=O) groups excluding carboxylic acids is 1. The summed E-state index contributed by atoms with van der Waals surface area (Å²) < 4.78 is 1.53. The monoisotopic (exact) mass is 369 g/mol. The number of aryl methyl sites for hydroxylation is 2. The van der Waals surface area contributed by atoms with Gasteiger partial charge in [0.05, 0.1) is 29.0 Å². The minimum Gasteiger partial charge on any atom is -0.394 e. The number of benzene rings is 1. The van der Waals surface area contributed by atoms with Gasteiger partial charge in [0.1, 0.15) is 5.69 Å². The van der Waals surface area contributed by atoms with Crippen molar-refractivity contribution in [2.45, 2.75) is 26.3 Å². The van der Waals surface area contributed by atoms with E-state index in [9.17, 15) is 20.0 Å². The predicted molar refractivity (Wildman–Crippen MR) is 97.5 cm³/mol. The first-order valence-electron chi connectivity index (χ1n) is 8.25. The highest BCUT2D eigenvalue weighted by atomic mass is 16.6. The SMILES string of the molecule is Cc1cn2nc(C(=O)NC(C)(CO)c3cccc([N+](=O)[O-])c3)cc(C)c2n1. The highest BCUT2D eigenvalue weighted by molar-refractivity contribution is 5.93. The van der Waals surface area contributed by atoms with E-state index in [0.717, 1.165) is 11.3 Å². The topological polar surface area (TPSA) is 123 Å². The number of aromatic nitrogens is 3. The molecule has 0 aliphatic heterocycles. The number of carbonyl (C=O) groups is 1. The van der Waals surface area contributed by atoms with Crippen LogP contribution in [0, 0.1) is 24.0 Å². The summed E-state index contributed by atoms with van der Waals surface area (Å²) >= 11 is 0. The second-order valence-corrected chi connectivity index (χ2v) is 6.61. The van der Waals surface area contributed by atoms with Crippen LogP contribution in [0.25, 0.3) is 5.65 Å². The van der Waals surface area contributed by atoms with Gasteiger partial charge in [-0.2, -0.15) is 5.10 Å². The molecule has 0 saturated heterocycles. The molecule has 3 aromatic rings. The smallest absolute Gasteiger partial charge is 0.272 e. The maximum absolute atomic E-state index is 12.8. The summed E-state index contributed by atoms with van der Waals surface area (Å²) in [4.78, 5) is 27.6. The molecule has 2 heterocycles. The number of rotatable bonds is 5. The van der Waals surface area contributed by atoms with Gasteiger partial charge in [-0.1, -0.05) is 12.1 Å². The molecule has 2 N–H and O–H groups in total. The second kappa shape index (κ2) is 6.76. The first kappa shape index (κ1) is 18.5. The number of non-ortho nitro benzene ring substituents is 1. The van der Waals surface area contributed by atoms with Crippen molar-refractivity contribution in [3.8, 4) is 0 Å². The third-order valence-corrected chi connectivity index (χ3v) is 4.36.